The van der Waals surface area contributed by atoms with E-state index in [-0.39, 0.29) is 19.8 Å². The fraction of sp³-hybridized carbons (Fsp3) is 1.00. The molecule has 0 saturated carbocycles. The van der Waals surface area contributed by atoms with Gasteiger partial charge in [-0.2, -0.15) is 0 Å². The second-order valence-electron chi connectivity index (χ2n) is 7.45. The van der Waals surface area contributed by atoms with Crippen molar-refractivity contribution in [3.63, 3.8) is 0 Å². The molecule has 0 spiro atoms. The average molecular weight is 393 g/mol. The molecule has 0 fully saturated rings. The van der Waals surface area contributed by atoms with Crippen molar-refractivity contribution >= 4 is 0 Å². The molecule has 0 radical (unpaired) electrons. The Bertz CT molecular complexity index is 155. The Hall–Kier alpha value is -0.120. The normalized spacial score (nSPS) is 10.0. The lowest BCUT2D eigenvalue weighted by Crippen LogP contribution is -2.32. The first-order chi connectivity index (χ1) is 13.0. The van der Waals surface area contributed by atoms with Crippen LogP contribution in [0.2, 0.25) is 0 Å². The van der Waals surface area contributed by atoms with Crippen molar-refractivity contribution < 1.29 is 15.3 Å². The largest absolute Gasteiger partial charge is 0.396 e. The topological polar surface area (TPSA) is 60.7 Å². The first kappa shape index (κ1) is 34.4. The standard InChI is InChI=1S/C6H14O3.3C6H14/c1-2-6(3-7,4-8)5-9;3*1-3-5-6-4-2/h7-9H,2-5H2,1H3;3*3-6H2,1-2H3. The van der Waals surface area contributed by atoms with Crippen molar-refractivity contribution in [3.8, 4) is 0 Å². The van der Waals surface area contributed by atoms with Gasteiger partial charge in [0.05, 0.1) is 19.8 Å². The zero-order valence-corrected chi connectivity index (χ0v) is 20.2. The van der Waals surface area contributed by atoms with Crippen LogP contribution < -0.4 is 0 Å². The number of aliphatic hydroxyl groups is 3. The number of rotatable bonds is 13. The van der Waals surface area contributed by atoms with Crippen LogP contribution in [0.3, 0.4) is 0 Å². The predicted octanol–water partition coefficient (Wildman–Crippen LogP) is 7.12. The lowest BCUT2D eigenvalue weighted by Gasteiger charge is -2.24. The van der Waals surface area contributed by atoms with Crippen molar-refractivity contribution in [2.75, 3.05) is 19.8 Å². The zero-order chi connectivity index (χ0) is 21.8. The highest BCUT2D eigenvalue weighted by molar-refractivity contribution is 4.74. The van der Waals surface area contributed by atoms with Gasteiger partial charge in [0.1, 0.15) is 0 Å². The average Bonchev–Trinajstić information content (AvgIpc) is 2.72. The zero-order valence-electron chi connectivity index (χ0n) is 20.2. The molecule has 0 rings (SSSR count). The first-order valence-corrected chi connectivity index (χ1v) is 11.8. The smallest absolute Gasteiger partial charge is 0.0531 e. The molecule has 0 heterocycles. The van der Waals surface area contributed by atoms with Gasteiger partial charge in [-0.3, -0.25) is 0 Å². The Morgan fingerprint density at radius 1 is 0.407 bits per heavy atom. The molecule has 0 amide bonds. The molecule has 27 heavy (non-hydrogen) atoms. The van der Waals surface area contributed by atoms with Gasteiger partial charge >= 0.3 is 0 Å². The summed E-state index contributed by atoms with van der Waals surface area (Å²) >= 11 is 0. The second kappa shape index (κ2) is 33.5. The summed E-state index contributed by atoms with van der Waals surface area (Å²) in [7, 11) is 0. The Labute approximate surface area is 173 Å². The molecule has 0 atom stereocenters. The van der Waals surface area contributed by atoms with Crippen LogP contribution in [-0.2, 0) is 0 Å². The van der Waals surface area contributed by atoms with E-state index in [4.69, 9.17) is 15.3 Å². The van der Waals surface area contributed by atoms with Crippen LogP contribution in [0.5, 0.6) is 0 Å². The van der Waals surface area contributed by atoms with E-state index in [2.05, 4.69) is 41.5 Å². The molecule has 0 aromatic carbocycles. The van der Waals surface area contributed by atoms with E-state index < -0.39 is 5.41 Å². The van der Waals surface area contributed by atoms with Crippen molar-refractivity contribution in [2.45, 2.75) is 132 Å². The molecule has 0 aliphatic rings. The molecule has 0 aliphatic carbocycles. The SMILES string of the molecule is CCC(CO)(CO)CO.CCCCCC.CCCCCC.CCCCCC. The fourth-order valence-electron chi connectivity index (χ4n) is 1.99. The predicted molar refractivity (Wildman–Crippen MR) is 123 cm³/mol. The maximum absolute atomic E-state index is 8.66. The monoisotopic (exact) mass is 392 g/mol. The second-order valence-corrected chi connectivity index (χ2v) is 7.45. The van der Waals surface area contributed by atoms with Crippen molar-refractivity contribution in [1.82, 2.24) is 0 Å². The quantitative estimate of drug-likeness (QED) is 0.292. The highest BCUT2D eigenvalue weighted by Crippen LogP contribution is 2.18. The Morgan fingerprint density at radius 2 is 0.593 bits per heavy atom. The third kappa shape index (κ3) is 33.9. The van der Waals surface area contributed by atoms with Crippen molar-refractivity contribution in [3.05, 3.63) is 0 Å². The van der Waals surface area contributed by atoms with Crippen LogP contribution in [0, 0.1) is 5.41 Å². The number of hydrogen-bond acceptors (Lipinski definition) is 3. The molecule has 0 saturated heterocycles. The maximum atomic E-state index is 8.66. The molecule has 0 aromatic rings. The van der Waals surface area contributed by atoms with Gasteiger partial charge < -0.3 is 15.3 Å². The van der Waals surface area contributed by atoms with Gasteiger partial charge in [0.2, 0.25) is 0 Å². The lowest BCUT2D eigenvalue weighted by molar-refractivity contribution is 0.00304. The number of unbranched alkanes of at least 4 members (excludes halogenated alkanes) is 9. The van der Waals surface area contributed by atoms with E-state index in [9.17, 15) is 0 Å². The van der Waals surface area contributed by atoms with E-state index >= 15 is 0 Å². The van der Waals surface area contributed by atoms with Crippen molar-refractivity contribution in [2.24, 2.45) is 5.41 Å². The minimum Gasteiger partial charge on any atom is -0.396 e. The highest BCUT2D eigenvalue weighted by Gasteiger charge is 2.24. The van der Waals surface area contributed by atoms with Crippen LogP contribution in [-0.4, -0.2) is 35.1 Å². The molecule has 0 unspecified atom stereocenters. The third-order valence-corrected chi connectivity index (χ3v) is 4.63. The molecular weight excluding hydrogens is 336 g/mol. The third-order valence-electron chi connectivity index (χ3n) is 4.63. The minimum atomic E-state index is -0.667. The van der Waals surface area contributed by atoms with E-state index in [1.165, 1.54) is 77.0 Å². The van der Waals surface area contributed by atoms with Gasteiger partial charge in [-0.15, -0.1) is 0 Å². The van der Waals surface area contributed by atoms with E-state index in [1.807, 2.05) is 6.92 Å². The molecule has 0 aliphatic heterocycles. The van der Waals surface area contributed by atoms with Gasteiger partial charge in [-0.25, -0.2) is 0 Å². The van der Waals surface area contributed by atoms with Crippen LogP contribution in [0.15, 0.2) is 0 Å². The van der Waals surface area contributed by atoms with Crippen molar-refractivity contribution in [1.29, 1.82) is 0 Å². The van der Waals surface area contributed by atoms with E-state index in [0.29, 0.717) is 6.42 Å². The number of hydrogen-bond donors (Lipinski definition) is 3. The van der Waals surface area contributed by atoms with Gasteiger partial charge in [0.15, 0.2) is 0 Å². The highest BCUT2D eigenvalue weighted by atomic mass is 16.3. The van der Waals surface area contributed by atoms with Gasteiger partial charge in [0.25, 0.3) is 0 Å². The Kier molecular flexibility index (Phi) is 42.6. The summed E-state index contributed by atoms with van der Waals surface area (Å²) < 4.78 is 0. The summed E-state index contributed by atoms with van der Waals surface area (Å²) in [4.78, 5) is 0. The fourth-order valence-corrected chi connectivity index (χ4v) is 1.99. The van der Waals surface area contributed by atoms with Crippen LogP contribution >= 0.6 is 0 Å². The molecule has 3 N–H and O–H groups in total. The number of aliphatic hydroxyl groups excluding tert-OH is 3. The van der Waals surface area contributed by atoms with E-state index in [0.717, 1.165) is 0 Å². The molecular formula is C24H56O3. The first-order valence-electron chi connectivity index (χ1n) is 11.8. The molecule has 0 aromatic heterocycles. The summed E-state index contributed by atoms with van der Waals surface area (Å²) in [6.07, 6.45) is 17.2. The lowest BCUT2D eigenvalue weighted by atomic mass is 9.88. The van der Waals surface area contributed by atoms with Gasteiger partial charge in [-0.1, -0.05) is 126 Å². The summed E-state index contributed by atoms with van der Waals surface area (Å²) in [5.74, 6) is 0. The van der Waals surface area contributed by atoms with Crippen LogP contribution in [0.1, 0.15) is 132 Å². The van der Waals surface area contributed by atoms with Gasteiger partial charge in [0, 0.05) is 5.41 Å². The summed E-state index contributed by atoms with van der Waals surface area (Å²) in [6.45, 7) is 14.7. The summed E-state index contributed by atoms with van der Waals surface area (Å²) in [5, 5.41) is 26.0. The maximum Gasteiger partial charge on any atom is 0.0531 e. The minimum absolute atomic E-state index is 0.156. The molecule has 0 bridgehead atoms. The van der Waals surface area contributed by atoms with Crippen LogP contribution in [0.25, 0.3) is 0 Å². The van der Waals surface area contributed by atoms with Crippen LogP contribution in [0.4, 0.5) is 0 Å². The molecule has 3 heteroatoms. The summed E-state index contributed by atoms with van der Waals surface area (Å²) in [5.41, 5.74) is -0.667. The van der Waals surface area contributed by atoms with E-state index in [1.54, 1.807) is 0 Å². The molecule has 170 valence electrons. The summed E-state index contributed by atoms with van der Waals surface area (Å²) in [6, 6.07) is 0. The Balaban J connectivity index is -0.000000133. The van der Waals surface area contributed by atoms with Gasteiger partial charge in [-0.05, 0) is 6.42 Å². The Morgan fingerprint density at radius 3 is 0.630 bits per heavy atom. The molecule has 3 nitrogen and oxygen atoms in total.